The maximum atomic E-state index is 13.4. The summed E-state index contributed by atoms with van der Waals surface area (Å²) in [5.41, 5.74) is 0.574. The number of hydrogen-bond acceptors (Lipinski definition) is 3. The zero-order valence-electron chi connectivity index (χ0n) is 14.7. The number of rotatable bonds is 5. The maximum Gasteiger partial charge on any atom is 0.262 e. The van der Waals surface area contributed by atoms with Crippen LogP contribution in [0.1, 0.15) is 31.1 Å². The lowest BCUT2D eigenvalue weighted by atomic mass is 10.1. The van der Waals surface area contributed by atoms with E-state index >= 15 is 0 Å². The molecule has 7 heteroatoms. The van der Waals surface area contributed by atoms with E-state index in [9.17, 15) is 18.4 Å². The van der Waals surface area contributed by atoms with Gasteiger partial charge in [0.25, 0.3) is 11.8 Å². The lowest BCUT2D eigenvalue weighted by Gasteiger charge is -2.20. The quantitative estimate of drug-likeness (QED) is 0.855. The minimum Gasteiger partial charge on any atom is -0.481 e. The minimum atomic E-state index is -0.882. The molecule has 0 aliphatic rings. The molecule has 2 aromatic carbocycles. The topological polar surface area (TPSA) is 67.4 Å². The van der Waals surface area contributed by atoms with E-state index in [1.54, 1.807) is 24.3 Å². The smallest absolute Gasteiger partial charge is 0.262 e. The van der Waals surface area contributed by atoms with E-state index in [4.69, 9.17) is 4.74 Å². The Bertz CT molecular complexity index is 799. The van der Waals surface area contributed by atoms with E-state index in [1.165, 1.54) is 0 Å². The third kappa shape index (κ3) is 5.84. The number of nitrogens with one attached hydrogen (secondary N) is 2. The van der Waals surface area contributed by atoms with Gasteiger partial charge in [-0.3, -0.25) is 9.59 Å². The highest BCUT2D eigenvalue weighted by molar-refractivity contribution is 5.96. The largest absolute Gasteiger partial charge is 0.481 e. The molecule has 0 aromatic heterocycles. The summed E-state index contributed by atoms with van der Waals surface area (Å²) >= 11 is 0. The first-order chi connectivity index (χ1) is 12.1. The van der Waals surface area contributed by atoms with Gasteiger partial charge in [-0.2, -0.15) is 0 Å². The molecule has 0 radical (unpaired) electrons. The minimum absolute atomic E-state index is 0.212. The summed E-state index contributed by atoms with van der Waals surface area (Å²) in [6, 6.07) is 9.14. The average molecular weight is 362 g/mol. The second kappa shape index (κ2) is 7.95. The fourth-order valence-electron chi connectivity index (χ4n) is 2.05. The predicted molar refractivity (Wildman–Crippen MR) is 94.1 cm³/mol. The Morgan fingerprint density at radius 1 is 1.04 bits per heavy atom. The molecular formula is C19H20F2N2O3. The zero-order valence-corrected chi connectivity index (χ0v) is 14.7. The van der Waals surface area contributed by atoms with E-state index in [0.29, 0.717) is 17.3 Å². The number of halogens is 2. The molecule has 0 fully saturated rings. The summed E-state index contributed by atoms with van der Waals surface area (Å²) < 4.78 is 31.3. The van der Waals surface area contributed by atoms with Gasteiger partial charge >= 0.3 is 0 Å². The van der Waals surface area contributed by atoms with Crippen LogP contribution in [0.2, 0.25) is 0 Å². The van der Waals surface area contributed by atoms with Gasteiger partial charge in [0.1, 0.15) is 5.82 Å². The summed E-state index contributed by atoms with van der Waals surface area (Å²) in [5, 5.41) is 5.40. The van der Waals surface area contributed by atoms with Crippen LogP contribution in [0.3, 0.4) is 0 Å². The zero-order chi connectivity index (χ0) is 19.3. The number of carbonyl (C=O) groups excluding carboxylic acids is 2. The SMILES string of the molecule is CC(C)(C)NC(=O)c1ccc(NC(=O)COc2ccc(F)cc2F)cc1. The van der Waals surface area contributed by atoms with Crippen molar-refractivity contribution in [2.24, 2.45) is 0 Å². The molecule has 0 heterocycles. The monoisotopic (exact) mass is 362 g/mol. The highest BCUT2D eigenvalue weighted by atomic mass is 19.1. The van der Waals surface area contributed by atoms with Crippen molar-refractivity contribution in [2.75, 3.05) is 11.9 Å². The predicted octanol–water partition coefficient (Wildman–Crippen LogP) is 3.51. The fourth-order valence-corrected chi connectivity index (χ4v) is 2.05. The lowest BCUT2D eigenvalue weighted by molar-refractivity contribution is -0.118. The number of ether oxygens (including phenoxy) is 1. The van der Waals surface area contributed by atoms with Gasteiger partial charge in [-0.15, -0.1) is 0 Å². The standard InChI is InChI=1S/C19H20F2N2O3/c1-19(2,3)23-18(25)12-4-7-14(8-5-12)22-17(24)11-26-16-9-6-13(20)10-15(16)21/h4-10H,11H2,1-3H3,(H,22,24)(H,23,25). The molecule has 2 N–H and O–H groups in total. The number of carbonyl (C=O) groups is 2. The van der Waals surface area contributed by atoms with Gasteiger partial charge in [-0.1, -0.05) is 0 Å². The maximum absolute atomic E-state index is 13.4. The summed E-state index contributed by atoms with van der Waals surface area (Å²) in [6.07, 6.45) is 0. The third-order valence-corrected chi connectivity index (χ3v) is 3.17. The molecular weight excluding hydrogens is 342 g/mol. The number of hydrogen-bond donors (Lipinski definition) is 2. The normalized spacial score (nSPS) is 11.0. The summed E-state index contributed by atoms with van der Waals surface area (Å²) in [6.45, 7) is 5.20. The summed E-state index contributed by atoms with van der Waals surface area (Å²) in [5.74, 6) is -2.55. The number of amides is 2. The third-order valence-electron chi connectivity index (χ3n) is 3.17. The van der Waals surface area contributed by atoms with Crippen molar-refractivity contribution >= 4 is 17.5 Å². The van der Waals surface area contributed by atoms with Gasteiger partial charge in [0.15, 0.2) is 18.2 Å². The van der Waals surface area contributed by atoms with Crippen molar-refractivity contribution in [2.45, 2.75) is 26.3 Å². The van der Waals surface area contributed by atoms with Gasteiger partial charge in [-0.25, -0.2) is 8.78 Å². The van der Waals surface area contributed by atoms with E-state index in [-0.39, 0.29) is 17.2 Å². The van der Waals surface area contributed by atoms with E-state index in [1.807, 2.05) is 20.8 Å². The van der Waals surface area contributed by atoms with E-state index in [2.05, 4.69) is 10.6 Å². The van der Waals surface area contributed by atoms with Crippen molar-refractivity contribution in [1.82, 2.24) is 5.32 Å². The van der Waals surface area contributed by atoms with Crippen LogP contribution >= 0.6 is 0 Å². The van der Waals surface area contributed by atoms with Gasteiger partial charge in [-0.05, 0) is 57.2 Å². The van der Waals surface area contributed by atoms with E-state index in [0.717, 1.165) is 12.1 Å². The highest BCUT2D eigenvalue weighted by Gasteiger charge is 2.15. The Labute approximate surface area is 150 Å². The molecule has 2 aromatic rings. The van der Waals surface area contributed by atoms with Crippen LogP contribution in [-0.4, -0.2) is 24.0 Å². The van der Waals surface area contributed by atoms with Crippen molar-refractivity contribution in [3.8, 4) is 5.75 Å². The Kier molecular flexibility index (Phi) is 5.92. The first kappa shape index (κ1) is 19.4. The summed E-state index contributed by atoms with van der Waals surface area (Å²) in [7, 11) is 0. The van der Waals surface area contributed by atoms with Gasteiger partial charge in [0.2, 0.25) is 0 Å². The Balaban J connectivity index is 1.90. The number of benzene rings is 2. The second-order valence-electron chi connectivity index (χ2n) is 6.69. The molecule has 0 saturated heterocycles. The molecule has 138 valence electrons. The summed E-state index contributed by atoms with van der Waals surface area (Å²) in [4.78, 5) is 23.9. The molecule has 5 nitrogen and oxygen atoms in total. The van der Waals surface area contributed by atoms with Crippen LogP contribution in [0.15, 0.2) is 42.5 Å². The Hall–Kier alpha value is -2.96. The molecule has 2 amide bonds. The molecule has 0 atom stereocenters. The van der Waals surface area contributed by atoms with Crippen LogP contribution < -0.4 is 15.4 Å². The molecule has 0 spiro atoms. The molecule has 0 unspecified atom stereocenters. The van der Waals surface area contributed by atoms with Crippen LogP contribution in [0, 0.1) is 11.6 Å². The first-order valence-electron chi connectivity index (χ1n) is 7.94. The van der Waals surface area contributed by atoms with Gasteiger partial charge < -0.3 is 15.4 Å². The average Bonchev–Trinajstić information content (AvgIpc) is 2.53. The lowest BCUT2D eigenvalue weighted by Crippen LogP contribution is -2.40. The van der Waals surface area contributed by atoms with Crippen LogP contribution in [0.25, 0.3) is 0 Å². The van der Waals surface area contributed by atoms with Crippen molar-refractivity contribution < 1.29 is 23.1 Å². The molecule has 0 saturated carbocycles. The van der Waals surface area contributed by atoms with Crippen molar-refractivity contribution in [3.05, 3.63) is 59.7 Å². The van der Waals surface area contributed by atoms with Gasteiger partial charge in [0, 0.05) is 22.9 Å². The fraction of sp³-hybridized carbons (Fsp3) is 0.263. The highest BCUT2D eigenvalue weighted by Crippen LogP contribution is 2.17. The van der Waals surface area contributed by atoms with Crippen molar-refractivity contribution in [1.29, 1.82) is 0 Å². The van der Waals surface area contributed by atoms with Gasteiger partial charge in [0.05, 0.1) is 0 Å². The van der Waals surface area contributed by atoms with Crippen molar-refractivity contribution in [3.63, 3.8) is 0 Å². The molecule has 0 bridgehead atoms. The van der Waals surface area contributed by atoms with Crippen LogP contribution in [-0.2, 0) is 4.79 Å². The number of anilines is 1. The molecule has 0 aliphatic heterocycles. The van der Waals surface area contributed by atoms with Crippen LogP contribution in [0.4, 0.5) is 14.5 Å². The van der Waals surface area contributed by atoms with E-state index < -0.39 is 24.1 Å². The Morgan fingerprint density at radius 2 is 1.69 bits per heavy atom. The molecule has 0 aliphatic carbocycles. The molecule has 2 rings (SSSR count). The first-order valence-corrected chi connectivity index (χ1v) is 7.94. The molecule has 26 heavy (non-hydrogen) atoms. The Morgan fingerprint density at radius 3 is 2.27 bits per heavy atom. The second-order valence-corrected chi connectivity index (χ2v) is 6.69. The van der Waals surface area contributed by atoms with Crippen LogP contribution in [0.5, 0.6) is 5.75 Å².